The average molecular weight is 616 g/mol. The summed E-state index contributed by atoms with van der Waals surface area (Å²) in [7, 11) is 0. The minimum atomic E-state index is -2.34. The number of halogens is 7. The molecule has 0 saturated carbocycles. The summed E-state index contributed by atoms with van der Waals surface area (Å²) in [5.74, 6) is -11.4. The van der Waals surface area contributed by atoms with Gasteiger partial charge in [-0.2, -0.15) is 10.1 Å². The van der Waals surface area contributed by atoms with Crippen molar-refractivity contribution in [2.45, 2.75) is 20.5 Å². The van der Waals surface area contributed by atoms with E-state index in [4.69, 9.17) is 21.1 Å². The third-order valence-electron chi connectivity index (χ3n) is 5.38. The molecule has 0 aromatic heterocycles. The Morgan fingerprint density at radius 3 is 2.29 bits per heavy atom. The molecule has 0 atom stereocenters. The molecule has 0 saturated heterocycles. The van der Waals surface area contributed by atoms with Crippen LogP contribution in [-0.4, -0.2) is 18.2 Å². The first-order chi connectivity index (χ1) is 18.0. The lowest BCUT2D eigenvalue weighted by Gasteiger charge is -2.16. The summed E-state index contributed by atoms with van der Waals surface area (Å²) in [5, 5.41) is 4.44. The lowest BCUT2D eigenvalue weighted by Crippen LogP contribution is -2.25. The topological polar surface area (TPSA) is 51.1 Å². The van der Waals surface area contributed by atoms with Crippen LogP contribution in [0.4, 0.5) is 27.6 Å². The lowest BCUT2D eigenvalue weighted by atomic mass is 10.1. The zero-order valence-corrected chi connectivity index (χ0v) is 22.1. The number of hydrogen-bond donors (Lipinski definition) is 0. The van der Waals surface area contributed by atoms with Gasteiger partial charge in [0.05, 0.1) is 22.4 Å². The molecule has 0 spiro atoms. The predicted molar refractivity (Wildman–Crippen MR) is 136 cm³/mol. The standard InChI is InChI=1S/C26H17BrClF5N2O3/c1-3-37-18-10-14(9-17(27)25(18)38-11-13-5-4-6-15(28)7-13)8-16-12(2)34-35(26(16)36)24-22(32)20(30)19(29)21(31)23(24)33/h4-10H,3,11H2,1-2H3/b16-8-. The molecule has 0 N–H and O–H groups in total. The van der Waals surface area contributed by atoms with E-state index >= 15 is 0 Å². The quantitative estimate of drug-likeness (QED) is 0.119. The first kappa shape index (κ1) is 27.6. The third-order valence-corrected chi connectivity index (χ3v) is 6.20. The van der Waals surface area contributed by atoms with E-state index in [9.17, 15) is 26.7 Å². The summed E-state index contributed by atoms with van der Waals surface area (Å²) < 4.78 is 81.6. The van der Waals surface area contributed by atoms with Gasteiger partial charge in [-0.05, 0) is 71.2 Å². The smallest absolute Gasteiger partial charge is 0.280 e. The fourth-order valence-electron chi connectivity index (χ4n) is 3.64. The summed E-state index contributed by atoms with van der Waals surface area (Å²) in [4.78, 5) is 13.0. The van der Waals surface area contributed by atoms with Gasteiger partial charge in [0, 0.05) is 5.02 Å². The number of carbonyl (C=O) groups is 1. The Bertz CT molecular complexity index is 1480. The maximum atomic E-state index is 14.3. The van der Waals surface area contributed by atoms with Crippen LogP contribution in [0.25, 0.3) is 6.08 Å². The first-order valence-corrected chi connectivity index (χ1v) is 12.2. The molecule has 3 aromatic rings. The van der Waals surface area contributed by atoms with Crippen LogP contribution in [0.2, 0.25) is 5.02 Å². The van der Waals surface area contributed by atoms with Crippen molar-refractivity contribution >= 4 is 50.9 Å². The van der Waals surface area contributed by atoms with Gasteiger partial charge in [0.15, 0.2) is 34.8 Å². The molecule has 1 heterocycles. The van der Waals surface area contributed by atoms with Gasteiger partial charge in [-0.3, -0.25) is 4.79 Å². The second-order valence-electron chi connectivity index (χ2n) is 7.96. The highest BCUT2D eigenvalue weighted by atomic mass is 79.9. The van der Waals surface area contributed by atoms with E-state index in [2.05, 4.69) is 21.0 Å². The van der Waals surface area contributed by atoms with Gasteiger partial charge in [-0.25, -0.2) is 22.0 Å². The van der Waals surface area contributed by atoms with Crippen LogP contribution in [0.1, 0.15) is 25.0 Å². The molecule has 3 aromatic carbocycles. The molecular formula is C26H17BrClF5N2O3. The Labute approximate surface area is 227 Å². The molecule has 4 rings (SSSR count). The van der Waals surface area contributed by atoms with Gasteiger partial charge in [-0.15, -0.1) is 0 Å². The highest BCUT2D eigenvalue weighted by Crippen LogP contribution is 2.39. The van der Waals surface area contributed by atoms with Crippen LogP contribution in [0.3, 0.4) is 0 Å². The van der Waals surface area contributed by atoms with Crippen LogP contribution in [-0.2, 0) is 11.4 Å². The number of hydrogen-bond acceptors (Lipinski definition) is 4. The van der Waals surface area contributed by atoms with Crippen molar-refractivity contribution in [2.24, 2.45) is 5.10 Å². The fourth-order valence-corrected chi connectivity index (χ4v) is 4.43. The van der Waals surface area contributed by atoms with Crippen molar-refractivity contribution in [3.05, 3.63) is 91.7 Å². The number of amides is 1. The molecule has 0 radical (unpaired) electrons. The minimum Gasteiger partial charge on any atom is -0.490 e. The van der Waals surface area contributed by atoms with Gasteiger partial charge in [0.25, 0.3) is 5.91 Å². The number of carbonyl (C=O) groups excluding carboxylic acids is 1. The Morgan fingerprint density at radius 2 is 1.66 bits per heavy atom. The second kappa shape index (κ2) is 11.1. The van der Waals surface area contributed by atoms with Crippen LogP contribution >= 0.6 is 27.5 Å². The van der Waals surface area contributed by atoms with Gasteiger partial charge in [0.1, 0.15) is 12.3 Å². The molecule has 5 nitrogen and oxygen atoms in total. The van der Waals surface area contributed by atoms with Crippen molar-refractivity contribution in [3.63, 3.8) is 0 Å². The zero-order chi connectivity index (χ0) is 27.7. The highest BCUT2D eigenvalue weighted by Gasteiger charge is 2.37. The van der Waals surface area contributed by atoms with Crippen LogP contribution in [0, 0.1) is 29.1 Å². The zero-order valence-electron chi connectivity index (χ0n) is 19.7. The molecule has 0 aliphatic carbocycles. The van der Waals surface area contributed by atoms with Gasteiger partial charge in [-0.1, -0.05) is 23.7 Å². The SMILES string of the molecule is CCOc1cc(/C=C2\C(=O)N(c3c(F)c(F)c(F)c(F)c3F)N=C2C)cc(Br)c1OCc1cccc(Cl)c1. The summed E-state index contributed by atoms with van der Waals surface area (Å²) >= 11 is 9.44. The van der Waals surface area contributed by atoms with Crippen LogP contribution < -0.4 is 14.5 Å². The second-order valence-corrected chi connectivity index (χ2v) is 9.25. The van der Waals surface area contributed by atoms with Crippen molar-refractivity contribution in [3.8, 4) is 11.5 Å². The van der Waals surface area contributed by atoms with Crippen LogP contribution in [0.5, 0.6) is 11.5 Å². The van der Waals surface area contributed by atoms with E-state index < -0.39 is 40.7 Å². The Kier molecular flexibility index (Phi) is 8.08. The van der Waals surface area contributed by atoms with Gasteiger partial charge >= 0.3 is 0 Å². The maximum absolute atomic E-state index is 14.3. The summed E-state index contributed by atoms with van der Waals surface area (Å²) in [6, 6.07) is 10.3. The Morgan fingerprint density at radius 1 is 1.00 bits per heavy atom. The number of nitrogens with zero attached hydrogens (tertiary/aromatic N) is 2. The van der Waals surface area contributed by atoms with E-state index in [1.165, 1.54) is 13.0 Å². The molecular weight excluding hydrogens is 599 g/mol. The number of anilines is 1. The van der Waals surface area contributed by atoms with E-state index in [1.54, 1.807) is 37.3 Å². The summed E-state index contributed by atoms with van der Waals surface area (Å²) in [5.41, 5.74) is -0.373. The third kappa shape index (κ3) is 5.25. The highest BCUT2D eigenvalue weighted by molar-refractivity contribution is 9.10. The van der Waals surface area contributed by atoms with E-state index in [1.807, 2.05) is 6.07 Å². The molecule has 198 valence electrons. The van der Waals surface area contributed by atoms with Crippen molar-refractivity contribution in [2.75, 3.05) is 11.6 Å². The normalized spacial score (nSPS) is 14.3. The molecule has 1 aliphatic rings. The van der Waals surface area contributed by atoms with E-state index in [0.29, 0.717) is 26.6 Å². The van der Waals surface area contributed by atoms with Crippen LogP contribution in [0.15, 0.2) is 51.5 Å². The minimum absolute atomic E-state index is 0.00527. The van der Waals surface area contributed by atoms with Gasteiger partial charge in [0.2, 0.25) is 5.82 Å². The number of ether oxygens (including phenoxy) is 2. The fraction of sp³-hybridized carbons (Fsp3) is 0.154. The van der Waals surface area contributed by atoms with E-state index in [0.717, 1.165) is 5.56 Å². The molecule has 1 amide bonds. The number of hydrazone groups is 1. The molecule has 0 fully saturated rings. The molecule has 1 aliphatic heterocycles. The maximum Gasteiger partial charge on any atom is 0.280 e. The van der Waals surface area contributed by atoms with E-state index in [-0.39, 0.29) is 29.5 Å². The Hall–Kier alpha value is -3.44. The average Bonchev–Trinajstić information content (AvgIpc) is 3.14. The molecule has 0 bridgehead atoms. The number of rotatable bonds is 7. The lowest BCUT2D eigenvalue weighted by molar-refractivity contribution is -0.114. The number of benzene rings is 3. The predicted octanol–water partition coefficient (Wildman–Crippen LogP) is 7.58. The monoisotopic (exact) mass is 614 g/mol. The van der Waals surface area contributed by atoms with Crippen molar-refractivity contribution < 1.29 is 36.2 Å². The summed E-state index contributed by atoms with van der Waals surface area (Å²) in [6.45, 7) is 3.59. The van der Waals surface area contributed by atoms with Crippen molar-refractivity contribution in [1.82, 2.24) is 0 Å². The molecule has 0 unspecified atom stereocenters. The molecule has 12 heteroatoms. The Balaban J connectivity index is 1.68. The summed E-state index contributed by atoms with van der Waals surface area (Å²) in [6.07, 6.45) is 1.35. The van der Waals surface area contributed by atoms with Crippen molar-refractivity contribution in [1.29, 1.82) is 0 Å². The largest absolute Gasteiger partial charge is 0.490 e. The molecule has 38 heavy (non-hydrogen) atoms. The first-order valence-electron chi connectivity index (χ1n) is 11.0. The van der Waals surface area contributed by atoms with Gasteiger partial charge < -0.3 is 9.47 Å².